The Morgan fingerprint density at radius 2 is 1.17 bits per heavy atom. The fourth-order valence-corrected chi connectivity index (χ4v) is 4.14. The molecule has 4 nitrogen and oxygen atoms in total. The van der Waals surface area contributed by atoms with E-state index in [9.17, 15) is 13.2 Å². The van der Waals surface area contributed by atoms with Crippen LogP contribution >= 0.6 is 0 Å². The quantitative estimate of drug-likeness (QED) is 0.128. The molecule has 1 heterocycles. The maximum Gasteiger partial charge on any atom is 0.485 e. The van der Waals surface area contributed by atoms with Crippen molar-refractivity contribution in [2.24, 2.45) is 0 Å². The second kappa shape index (κ2) is 15.2. The lowest BCUT2D eigenvalue weighted by Crippen LogP contribution is -2.37. The minimum absolute atomic E-state index is 1.22. The molecule has 0 N–H and O–H groups in total. The van der Waals surface area contributed by atoms with Gasteiger partial charge in [0, 0.05) is 38.1 Å². The van der Waals surface area contributed by atoms with E-state index in [0.29, 0.717) is 0 Å². The molecule has 0 spiro atoms. The van der Waals surface area contributed by atoms with Gasteiger partial charge in [-0.25, -0.2) is 8.42 Å². The van der Waals surface area contributed by atoms with Crippen LogP contribution in [-0.4, -0.2) is 18.5 Å². The Hall–Kier alpha value is -1.93. The van der Waals surface area contributed by atoms with Gasteiger partial charge in [0.05, 0.1) is 0 Å². The third kappa shape index (κ3) is 12.0. The molecule has 2 rings (SSSR count). The first kappa shape index (κ1) is 31.1. The molecule has 8 heteroatoms. The maximum absolute atomic E-state index is 10.7. The predicted molar refractivity (Wildman–Crippen MR) is 133 cm³/mol. The molecule has 198 valence electrons. The zero-order chi connectivity index (χ0) is 26.5. The third-order valence-electron chi connectivity index (χ3n) is 5.88. The standard InChI is InChI=1S/C26H40N.CHF3O3S/c1-5-6-7-8-9-10-11-12-13-14-15-25-16-18-26(19-17-25)27-23(3)20-22(2)21-24(27)4;2-1(3,4)8(5,6)7/h16-21H,5-15H2,1-4H3;(H,5,6,7)/q+1;/p-1. The average Bonchev–Trinajstić information content (AvgIpc) is 2.74. The van der Waals surface area contributed by atoms with Crippen LogP contribution in [0, 0.1) is 20.8 Å². The lowest BCUT2D eigenvalue weighted by molar-refractivity contribution is -0.609. The number of unbranched alkanes of at least 4 members (excludes halogenated alkanes) is 9. The van der Waals surface area contributed by atoms with Crippen molar-refractivity contribution in [3.63, 3.8) is 0 Å². The molecular formula is C27H40F3NO3S. The molecule has 0 aliphatic heterocycles. The van der Waals surface area contributed by atoms with E-state index in [1.54, 1.807) is 0 Å². The summed E-state index contributed by atoms with van der Waals surface area (Å²) < 4.78 is 61.2. The molecule has 0 atom stereocenters. The number of rotatable bonds is 12. The van der Waals surface area contributed by atoms with E-state index in [-0.39, 0.29) is 0 Å². The molecule has 0 fully saturated rings. The Morgan fingerprint density at radius 3 is 1.57 bits per heavy atom. The van der Waals surface area contributed by atoms with Gasteiger partial charge in [-0.15, -0.1) is 0 Å². The Labute approximate surface area is 209 Å². The largest absolute Gasteiger partial charge is 0.741 e. The van der Waals surface area contributed by atoms with Gasteiger partial charge in [0.25, 0.3) is 0 Å². The molecule has 0 bridgehead atoms. The van der Waals surface area contributed by atoms with Crippen LogP contribution in [0.3, 0.4) is 0 Å². The SMILES string of the molecule is CCCCCCCCCCCCc1ccc(-[n+]2c(C)cc(C)cc2C)cc1.O=S(=O)([O-])C(F)(F)F. The predicted octanol–water partition coefficient (Wildman–Crippen LogP) is 7.40. The molecule has 1 aromatic heterocycles. The van der Waals surface area contributed by atoms with Crippen molar-refractivity contribution in [2.75, 3.05) is 0 Å². The van der Waals surface area contributed by atoms with E-state index in [1.807, 2.05) is 0 Å². The van der Waals surface area contributed by atoms with E-state index in [4.69, 9.17) is 13.0 Å². The molecule has 0 aliphatic carbocycles. The minimum Gasteiger partial charge on any atom is -0.741 e. The molecule has 1 aromatic carbocycles. The normalized spacial score (nSPS) is 11.8. The van der Waals surface area contributed by atoms with Crippen molar-refractivity contribution in [2.45, 2.75) is 104 Å². The van der Waals surface area contributed by atoms with E-state index in [0.717, 1.165) is 0 Å². The number of aromatic nitrogens is 1. The third-order valence-corrected chi connectivity index (χ3v) is 6.44. The summed E-state index contributed by atoms with van der Waals surface area (Å²) in [4.78, 5) is 0. The summed E-state index contributed by atoms with van der Waals surface area (Å²) in [7, 11) is -6.09. The molecule has 0 radical (unpaired) electrons. The lowest BCUT2D eigenvalue weighted by atomic mass is 10.0. The van der Waals surface area contributed by atoms with Crippen molar-refractivity contribution in [3.05, 3.63) is 58.9 Å². The average molecular weight is 516 g/mol. The van der Waals surface area contributed by atoms with Crippen LogP contribution in [0.15, 0.2) is 36.4 Å². The molecule has 2 aromatic rings. The molecule has 0 saturated carbocycles. The summed E-state index contributed by atoms with van der Waals surface area (Å²) in [6.45, 7) is 8.84. The first-order valence-electron chi connectivity index (χ1n) is 12.5. The minimum atomic E-state index is -6.09. The number of hydrogen-bond acceptors (Lipinski definition) is 3. The van der Waals surface area contributed by atoms with Gasteiger partial charge in [-0.3, -0.25) is 0 Å². The van der Waals surface area contributed by atoms with Crippen LogP contribution in [0.2, 0.25) is 0 Å². The highest BCUT2D eigenvalue weighted by atomic mass is 32.2. The van der Waals surface area contributed by atoms with E-state index in [2.05, 4.69) is 68.7 Å². The van der Waals surface area contributed by atoms with Gasteiger partial charge in [0.15, 0.2) is 21.5 Å². The van der Waals surface area contributed by atoms with Gasteiger partial charge in [-0.1, -0.05) is 76.8 Å². The highest BCUT2D eigenvalue weighted by Crippen LogP contribution is 2.20. The van der Waals surface area contributed by atoms with Gasteiger partial charge >= 0.3 is 5.51 Å². The van der Waals surface area contributed by atoms with Crippen molar-refractivity contribution in [1.82, 2.24) is 0 Å². The Kier molecular flexibility index (Phi) is 13.5. The number of pyridine rings is 1. The maximum atomic E-state index is 10.7. The second-order valence-corrected chi connectivity index (χ2v) is 10.5. The molecule has 35 heavy (non-hydrogen) atoms. The summed E-state index contributed by atoms with van der Waals surface area (Å²) in [5, 5.41) is 0. The Morgan fingerprint density at radius 1 is 0.771 bits per heavy atom. The fraction of sp³-hybridized carbons (Fsp3) is 0.593. The van der Waals surface area contributed by atoms with Gasteiger partial charge in [-0.2, -0.15) is 17.7 Å². The van der Waals surface area contributed by atoms with Gasteiger partial charge in [0.2, 0.25) is 5.69 Å². The number of nitrogens with zero attached hydrogens (tertiary/aromatic N) is 1. The summed E-state index contributed by atoms with van der Waals surface area (Å²) in [6, 6.07) is 13.7. The fourth-order valence-electron chi connectivity index (χ4n) is 4.14. The topological polar surface area (TPSA) is 61.1 Å². The van der Waals surface area contributed by atoms with Crippen LogP contribution in [0.25, 0.3) is 5.69 Å². The number of hydrogen-bond donors (Lipinski definition) is 0. The van der Waals surface area contributed by atoms with Crippen LogP contribution in [-0.2, 0) is 16.5 Å². The smallest absolute Gasteiger partial charge is 0.485 e. The monoisotopic (exact) mass is 515 g/mol. The second-order valence-electron chi connectivity index (χ2n) is 9.15. The number of benzene rings is 1. The highest BCUT2D eigenvalue weighted by molar-refractivity contribution is 7.86. The van der Waals surface area contributed by atoms with Crippen molar-refractivity contribution < 1.29 is 30.7 Å². The number of halogens is 3. The summed E-state index contributed by atoms with van der Waals surface area (Å²) >= 11 is 0. The molecule has 0 saturated heterocycles. The van der Waals surface area contributed by atoms with Gasteiger partial charge in [0.1, 0.15) is 0 Å². The molecular weight excluding hydrogens is 475 g/mol. The van der Waals surface area contributed by atoms with E-state index < -0.39 is 15.6 Å². The zero-order valence-corrected chi connectivity index (χ0v) is 22.3. The van der Waals surface area contributed by atoms with Crippen LogP contribution in [0.5, 0.6) is 0 Å². The zero-order valence-electron chi connectivity index (χ0n) is 21.5. The number of alkyl halides is 3. The van der Waals surface area contributed by atoms with E-state index >= 15 is 0 Å². The first-order chi connectivity index (χ1) is 16.4. The number of aryl methyl sites for hydroxylation is 4. The first-order valence-corrected chi connectivity index (χ1v) is 13.9. The Bertz CT molecular complexity index is 965. The van der Waals surface area contributed by atoms with Crippen molar-refractivity contribution in [1.29, 1.82) is 0 Å². The van der Waals surface area contributed by atoms with Crippen LogP contribution < -0.4 is 4.57 Å². The van der Waals surface area contributed by atoms with Gasteiger partial charge < -0.3 is 4.55 Å². The molecule has 0 aliphatic rings. The van der Waals surface area contributed by atoms with Crippen molar-refractivity contribution in [3.8, 4) is 5.69 Å². The van der Waals surface area contributed by atoms with Crippen molar-refractivity contribution >= 4 is 10.1 Å². The Balaban J connectivity index is 0.000000658. The summed E-state index contributed by atoms with van der Waals surface area (Å²) in [5.74, 6) is 0. The highest BCUT2D eigenvalue weighted by Gasteiger charge is 2.36. The molecule has 0 amide bonds. The van der Waals surface area contributed by atoms with E-state index in [1.165, 1.54) is 98.8 Å². The van der Waals surface area contributed by atoms with Crippen LogP contribution in [0.4, 0.5) is 13.2 Å². The summed E-state index contributed by atoms with van der Waals surface area (Å²) in [6.07, 6.45) is 15.3. The van der Waals surface area contributed by atoms with Gasteiger partial charge in [-0.05, 0) is 30.9 Å². The molecule has 0 unspecified atom stereocenters. The summed E-state index contributed by atoms with van der Waals surface area (Å²) in [5.41, 5.74) is 1.04. The van der Waals surface area contributed by atoms with Crippen LogP contribution in [0.1, 0.15) is 93.6 Å². The lowest BCUT2D eigenvalue weighted by Gasteiger charge is -2.08.